The van der Waals surface area contributed by atoms with Crippen molar-refractivity contribution in [3.63, 3.8) is 0 Å². The van der Waals surface area contributed by atoms with Gasteiger partial charge in [-0.15, -0.1) is 0 Å². The average molecular weight is 258 g/mol. The van der Waals surface area contributed by atoms with Crippen LogP contribution in [0, 0.1) is 0 Å². The summed E-state index contributed by atoms with van der Waals surface area (Å²) in [5, 5.41) is 23.5. The molecule has 0 fully saturated rings. The number of hydrogen-bond acceptors (Lipinski definition) is 6. The monoisotopic (exact) mass is 258 g/mol. The summed E-state index contributed by atoms with van der Waals surface area (Å²) >= 11 is 0. The number of hydrogen-bond donors (Lipinski definition) is 2. The van der Waals surface area contributed by atoms with E-state index in [9.17, 15) is 0 Å². The van der Waals surface area contributed by atoms with E-state index in [4.69, 9.17) is 10.5 Å². The van der Waals surface area contributed by atoms with Gasteiger partial charge in [0.15, 0.2) is 0 Å². The van der Waals surface area contributed by atoms with Crippen LogP contribution >= 0.6 is 0 Å². The highest BCUT2D eigenvalue weighted by atomic mass is 17.5. The Kier molecular flexibility index (Phi) is 6.81. The van der Waals surface area contributed by atoms with Gasteiger partial charge in [-0.25, -0.2) is 20.3 Å². The van der Waals surface area contributed by atoms with Gasteiger partial charge in [0.1, 0.15) is 0 Å². The summed E-state index contributed by atoms with van der Waals surface area (Å²) < 4.78 is 0. The molecule has 0 aromatic heterocycles. The van der Waals surface area contributed by atoms with E-state index in [0.717, 1.165) is 11.1 Å². The molecular formula is C12H18O6. The molecule has 0 saturated carbocycles. The predicted molar refractivity (Wildman–Crippen MR) is 62.6 cm³/mol. The molecule has 0 spiro atoms. The van der Waals surface area contributed by atoms with Gasteiger partial charge in [-0.2, -0.15) is 0 Å². The second-order valence-electron chi connectivity index (χ2n) is 4.19. The van der Waals surface area contributed by atoms with Crippen LogP contribution in [0.5, 0.6) is 0 Å². The van der Waals surface area contributed by atoms with Gasteiger partial charge >= 0.3 is 0 Å². The van der Waals surface area contributed by atoms with Gasteiger partial charge in [0.2, 0.25) is 0 Å². The molecule has 2 atom stereocenters. The van der Waals surface area contributed by atoms with E-state index in [1.165, 1.54) is 0 Å². The van der Waals surface area contributed by atoms with E-state index in [0.29, 0.717) is 0 Å². The van der Waals surface area contributed by atoms with Crippen molar-refractivity contribution >= 4 is 0 Å². The van der Waals surface area contributed by atoms with E-state index in [1.54, 1.807) is 0 Å². The van der Waals surface area contributed by atoms with Crippen molar-refractivity contribution in [2.75, 3.05) is 13.2 Å². The van der Waals surface area contributed by atoms with Crippen molar-refractivity contribution in [1.29, 1.82) is 0 Å². The maximum Gasteiger partial charge on any atom is 0.0919 e. The molecule has 1 aromatic rings. The first-order valence-corrected chi connectivity index (χ1v) is 5.65. The van der Waals surface area contributed by atoms with Gasteiger partial charge in [0.25, 0.3) is 0 Å². The quantitative estimate of drug-likeness (QED) is 0.551. The van der Waals surface area contributed by atoms with Crippen LogP contribution in [-0.2, 0) is 19.9 Å². The molecule has 0 radical (unpaired) electrons. The SMILES string of the molecule is CC(COOO)c1cccc(C(C)COOO)c1. The fourth-order valence-electron chi connectivity index (χ4n) is 1.63. The second-order valence-corrected chi connectivity index (χ2v) is 4.19. The molecule has 0 aliphatic carbocycles. The van der Waals surface area contributed by atoms with E-state index in [2.05, 4.69) is 19.9 Å². The van der Waals surface area contributed by atoms with Crippen molar-refractivity contribution in [3.05, 3.63) is 35.4 Å². The van der Waals surface area contributed by atoms with Crippen LogP contribution in [0.3, 0.4) is 0 Å². The Hall–Kier alpha value is -1.02. The minimum absolute atomic E-state index is 0.0827. The Morgan fingerprint density at radius 3 is 1.78 bits per heavy atom. The van der Waals surface area contributed by atoms with Gasteiger partial charge in [0.05, 0.1) is 13.2 Å². The predicted octanol–water partition coefficient (Wildman–Crippen LogP) is 2.74. The zero-order valence-corrected chi connectivity index (χ0v) is 10.4. The lowest BCUT2D eigenvalue weighted by Crippen LogP contribution is -2.07. The Labute approximate surface area is 105 Å². The highest BCUT2D eigenvalue weighted by Gasteiger charge is 2.11. The number of rotatable bonds is 8. The Morgan fingerprint density at radius 2 is 1.39 bits per heavy atom. The zero-order chi connectivity index (χ0) is 13.4. The Morgan fingerprint density at radius 1 is 0.944 bits per heavy atom. The van der Waals surface area contributed by atoms with Gasteiger partial charge < -0.3 is 0 Å². The normalized spacial score (nSPS) is 14.4. The van der Waals surface area contributed by atoms with Crippen LogP contribution in [0.25, 0.3) is 0 Å². The summed E-state index contributed by atoms with van der Waals surface area (Å²) in [5.74, 6) is 0.165. The largest absolute Gasteiger partial charge is 0.221 e. The molecule has 102 valence electrons. The molecule has 2 unspecified atom stereocenters. The summed E-state index contributed by atoms with van der Waals surface area (Å²) in [6.45, 7) is 4.42. The van der Waals surface area contributed by atoms with Crippen LogP contribution < -0.4 is 0 Å². The molecule has 0 amide bonds. The van der Waals surface area contributed by atoms with Crippen molar-refractivity contribution in [2.45, 2.75) is 25.7 Å². The average Bonchev–Trinajstić information content (AvgIpc) is 2.42. The third-order valence-corrected chi connectivity index (χ3v) is 2.79. The molecule has 0 heterocycles. The number of benzene rings is 1. The van der Waals surface area contributed by atoms with Crippen molar-refractivity contribution in [2.24, 2.45) is 0 Å². The highest BCUT2D eigenvalue weighted by molar-refractivity contribution is 5.28. The minimum Gasteiger partial charge on any atom is -0.221 e. The Balaban J connectivity index is 2.66. The summed E-state index contributed by atoms with van der Waals surface area (Å²) in [5.41, 5.74) is 2.11. The molecule has 0 bridgehead atoms. The standard InChI is InChI=1S/C12H18O6/c1-9(7-15-17-13)11-4-3-5-12(6-11)10(2)8-16-18-14/h3-6,9-10,13-14H,7-8H2,1-2H3. The second kappa shape index (κ2) is 8.15. The molecule has 0 aliphatic rings. The molecule has 18 heavy (non-hydrogen) atoms. The summed E-state index contributed by atoms with van der Waals surface area (Å²) in [7, 11) is 0. The molecule has 1 aromatic carbocycles. The summed E-state index contributed by atoms with van der Waals surface area (Å²) in [4.78, 5) is 8.99. The van der Waals surface area contributed by atoms with Crippen LogP contribution in [-0.4, -0.2) is 23.7 Å². The lowest BCUT2D eigenvalue weighted by Gasteiger charge is -2.14. The van der Waals surface area contributed by atoms with Gasteiger partial charge in [0, 0.05) is 11.8 Å². The lowest BCUT2D eigenvalue weighted by molar-refractivity contribution is -0.491. The van der Waals surface area contributed by atoms with Crippen LogP contribution in [0.4, 0.5) is 0 Å². The third kappa shape index (κ3) is 4.69. The zero-order valence-electron chi connectivity index (χ0n) is 10.4. The summed E-state index contributed by atoms with van der Waals surface area (Å²) in [6.07, 6.45) is 0. The van der Waals surface area contributed by atoms with Crippen LogP contribution in [0.2, 0.25) is 0 Å². The van der Waals surface area contributed by atoms with E-state index in [1.807, 2.05) is 38.1 Å². The molecule has 1 rings (SSSR count). The van der Waals surface area contributed by atoms with Gasteiger partial charge in [-0.3, -0.25) is 0 Å². The van der Waals surface area contributed by atoms with Gasteiger partial charge in [-0.1, -0.05) is 48.2 Å². The molecular weight excluding hydrogens is 240 g/mol. The fraction of sp³-hybridized carbons (Fsp3) is 0.500. The third-order valence-electron chi connectivity index (χ3n) is 2.79. The summed E-state index contributed by atoms with van der Waals surface area (Å²) in [6, 6.07) is 7.87. The van der Waals surface area contributed by atoms with Crippen molar-refractivity contribution < 1.29 is 30.4 Å². The maximum atomic E-state index is 8.13. The molecule has 6 heteroatoms. The molecule has 6 nitrogen and oxygen atoms in total. The highest BCUT2D eigenvalue weighted by Crippen LogP contribution is 2.22. The molecule has 0 aliphatic heterocycles. The van der Waals surface area contributed by atoms with Crippen LogP contribution in [0.15, 0.2) is 24.3 Å². The maximum absolute atomic E-state index is 8.13. The smallest absolute Gasteiger partial charge is 0.0919 e. The van der Waals surface area contributed by atoms with Crippen molar-refractivity contribution in [3.8, 4) is 0 Å². The van der Waals surface area contributed by atoms with Gasteiger partial charge in [-0.05, 0) is 11.1 Å². The van der Waals surface area contributed by atoms with E-state index < -0.39 is 0 Å². The first kappa shape index (κ1) is 15.0. The van der Waals surface area contributed by atoms with E-state index >= 15 is 0 Å². The molecule has 0 saturated heterocycles. The Bertz CT molecular complexity index is 314. The molecule has 2 N–H and O–H groups in total. The van der Waals surface area contributed by atoms with Crippen molar-refractivity contribution in [1.82, 2.24) is 0 Å². The lowest BCUT2D eigenvalue weighted by atomic mass is 9.95. The first-order valence-electron chi connectivity index (χ1n) is 5.65. The topological polar surface area (TPSA) is 77.4 Å². The minimum atomic E-state index is 0.0827. The van der Waals surface area contributed by atoms with E-state index in [-0.39, 0.29) is 25.0 Å². The first-order chi connectivity index (χ1) is 8.69. The van der Waals surface area contributed by atoms with Crippen LogP contribution in [0.1, 0.15) is 36.8 Å². The fourth-order valence-corrected chi connectivity index (χ4v) is 1.63.